The summed E-state index contributed by atoms with van der Waals surface area (Å²) in [5.41, 5.74) is 11.1. The number of carbonyl (C=O) groups excluding carboxylic acids is 1. The third-order valence-corrected chi connectivity index (χ3v) is 5.11. The molecule has 1 atom stereocenters. The second-order valence-corrected chi connectivity index (χ2v) is 7.00. The highest BCUT2D eigenvalue weighted by atomic mass is 16.1. The molecule has 0 aliphatic rings. The van der Waals surface area contributed by atoms with Crippen LogP contribution in [-0.2, 0) is 0 Å². The summed E-state index contributed by atoms with van der Waals surface area (Å²) in [7, 11) is 0. The minimum Gasteiger partial charge on any atom is -0.366 e. The summed E-state index contributed by atoms with van der Waals surface area (Å²) in [4.78, 5) is 22.7. The van der Waals surface area contributed by atoms with Gasteiger partial charge in [-0.05, 0) is 60.0 Å². The van der Waals surface area contributed by atoms with Gasteiger partial charge in [-0.2, -0.15) is 0 Å². The number of carbonyl (C=O) groups is 1. The SMILES string of the molecule is CC(c1cc(C(N)=O)ccc1-c1ccccc1)N(c1cccnc1)c1cccnc1. The molecule has 2 N–H and O–H groups in total. The van der Waals surface area contributed by atoms with Crippen molar-refractivity contribution in [3.8, 4) is 11.1 Å². The van der Waals surface area contributed by atoms with Crippen LogP contribution in [0.25, 0.3) is 11.1 Å². The third-order valence-electron chi connectivity index (χ3n) is 5.11. The molecule has 5 heteroatoms. The topological polar surface area (TPSA) is 72.1 Å². The lowest BCUT2D eigenvalue weighted by molar-refractivity contribution is 0.1000. The Bertz CT molecular complexity index is 1090. The van der Waals surface area contributed by atoms with E-state index in [1.165, 1.54) is 0 Å². The van der Waals surface area contributed by atoms with Crippen molar-refractivity contribution in [2.45, 2.75) is 13.0 Å². The smallest absolute Gasteiger partial charge is 0.248 e. The van der Waals surface area contributed by atoms with Crippen molar-refractivity contribution in [2.24, 2.45) is 5.73 Å². The average Bonchev–Trinajstić information content (AvgIpc) is 2.81. The van der Waals surface area contributed by atoms with Gasteiger partial charge in [-0.1, -0.05) is 36.4 Å². The first-order valence-corrected chi connectivity index (χ1v) is 9.73. The Hall–Kier alpha value is -3.99. The summed E-state index contributed by atoms with van der Waals surface area (Å²) in [6.07, 6.45) is 7.14. The molecular weight excluding hydrogens is 372 g/mol. The molecule has 4 rings (SSSR count). The maximum absolute atomic E-state index is 11.9. The highest BCUT2D eigenvalue weighted by Crippen LogP contribution is 2.38. The van der Waals surface area contributed by atoms with Crippen molar-refractivity contribution in [1.82, 2.24) is 9.97 Å². The molecule has 0 aliphatic heterocycles. The van der Waals surface area contributed by atoms with Crippen LogP contribution in [0.3, 0.4) is 0 Å². The van der Waals surface area contributed by atoms with Gasteiger partial charge in [0.05, 0.1) is 29.8 Å². The number of rotatable bonds is 6. The lowest BCUT2D eigenvalue weighted by Gasteiger charge is -2.32. The van der Waals surface area contributed by atoms with Gasteiger partial charge in [0.15, 0.2) is 0 Å². The van der Waals surface area contributed by atoms with E-state index in [0.29, 0.717) is 5.56 Å². The Labute approximate surface area is 175 Å². The number of benzene rings is 2. The molecule has 2 heterocycles. The van der Waals surface area contributed by atoms with E-state index in [0.717, 1.165) is 28.1 Å². The number of nitrogens with two attached hydrogens (primary N) is 1. The van der Waals surface area contributed by atoms with Crippen molar-refractivity contribution < 1.29 is 4.79 Å². The van der Waals surface area contributed by atoms with Crippen LogP contribution in [0.5, 0.6) is 0 Å². The molecule has 0 saturated carbocycles. The second-order valence-electron chi connectivity index (χ2n) is 7.00. The minimum absolute atomic E-state index is 0.118. The fraction of sp³-hybridized carbons (Fsp3) is 0.0800. The Morgan fingerprint density at radius 3 is 2.03 bits per heavy atom. The van der Waals surface area contributed by atoms with Crippen LogP contribution in [0.1, 0.15) is 28.9 Å². The van der Waals surface area contributed by atoms with Gasteiger partial charge in [0.2, 0.25) is 5.91 Å². The summed E-state index contributed by atoms with van der Waals surface area (Å²) in [5.74, 6) is -0.447. The van der Waals surface area contributed by atoms with Crippen molar-refractivity contribution >= 4 is 17.3 Å². The molecule has 0 radical (unpaired) electrons. The van der Waals surface area contributed by atoms with Crippen LogP contribution in [0, 0.1) is 0 Å². The van der Waals surface area contributed by atoms with E-state index in [1.54, 1.807) is 18.5 Å². The van der Waals surface area contributed by atoms with Crippen LogP contribution >= 0.6 is 0 Å². The number of nitrogens with zero attached hydrogens (tertiary/aromatic N) is 3. The lowest BCUT2D eigenvalue weighted by atomic mass is 9.92. The number of amides is 1. The molecule has 0 aliphatic carbocycles. The molecule has 1 unspecified atom stereocenters. The Morgan fingerprint density at radius 1 is 0.867 bits per heavy atom. The van der Waals surface area contributed by atoms with Crippen LogP contribution in [0.15, 0.2) is 97.6 Å². The Kier molecular flexibility index (Phi) is 5.52. The first kappa shape index (κ1) is 19.3. The fourth-order valence-corrected chi connectivity index (χ4v) is 3.67. The van der Waals surface area contributed by atoms with Gasteiger partial charge in [-0.3, -0.25) is 14.8 Å². The second kappa shape index (κ2) is 8.57. The molecule has 0 spiro atoms. The molecule has 0 saturated heterocycles. The van der Waals surface area contributed by atoms with Crippen LogP contribution in [0.2, 0.25) is 0 Å². The summed E-state index contributed by atoms with van der Waals surface area (Å²) in [5, 5.41) is 0. The molecule has 0 bridgehead atoms. The van der Waals surface area contributed by atoms with Gasteiger partial charge in [-0.25, -0.2) is 0 Å². The molecule has 30 heavy (non-hydrogen) atoms. The minimum atomic E-state index is -0.447. The predicted molar refractivity (Wildman–Crippen MR) is 119 cm³/mol. The largest absolute Gasteiger partial charge is 0.366 e. The summed E-state index contributed by atoms with van der Waals surface area (Å²) in [6.45, 7) is 2.10. The summed E-state index contributed by atoms with van der Waals surface area (Å²) >= 11 is 0. The standard InChI is InChI=1S/C25H22N4O/c1-18(29(21-9-5-13-27-16-21)22-10-6-14-28-17-22)24-15-20(25(26)30)11-12-23(24)19-7-3-2-4-8-19/h2-18H,1H3,(H2,26,30). The Morgan fingerprint density at radius 2 is 1.50 bits per heavy atom. The number of primary amides is 1. The number of anilines is 2. The van der Waals surface area contributed by atoms with Crippen molar-refractivity contribution in [2.75, 3.05) is 4.90 Å². The maximum atomic E-state index is 11.9. The first-order valence-electron chi connectivity index (χ1n) is 9.73. The maximum Gasteiger partial charge on any atom is 0.248 e. The third kappa shape index (κ3) is 3.91. The Balaban J connectivity index is 1.90. The molecular formula is C25H22N4O. The normalized spacial score (nSPS) is 11.6. The van der Waals surface area contributed by atoms with Crippen LogP contribution in [0.4, 0.5) is 11.4 Å². The van der Waals surface area contributed by atoms with Gasteiger partial charge in [0, 0.05) is 18.0 Å². The van der Waals surface area contributed by atoms with Gasteiger partial charge < -0.3 is 10.6 Å². The van der Waals surface area contributed by atoms with Crippen molar-refractivity contribution in [1.29, 1.82) is 0 Å². The molecule has 148 valence electrons. The zero-order valence-corrected chi connectivity index (χ0v) is 16.6. The van der Waals surface area contributed by atoms with E-state index < -0.39 is 5.91 Å². The van der Waals surface area contributed by atoms with E-state index >= 15 is 0 Å². The average molecular weight is 394 g/mol. The first-order chi connectivity index (χ1) is 14.6. The van der Waals surface area contributed by atoms with E-state index in [2.05, 4.69) is 33.9 Å². The summed E-state index contributed by atoms with van der Waals surface area (Å²) < 4.78 is 0. The molecule has 5 nitrogen and oxygen atoms in total. The monoisotopic (exact) mass is 394 g/mol. The number of hydrogen-bond donors (Lipinski definition) is 1. The van der Waals surface area contributed by atoms with Crippen molar-refractivity contribution in [3.63, 3.8) is 0 Å². The van der Waals surface area contributed by atoms with E-state index in [4.69, 9.17) is 5.73 Å². The van der Waals surface area contributed by atoms with Gasteiger partial charge in [-0.15, -0.1) is 0 Å². The molecule has 4 aromatic rings. The molecule has 2 aromatic heterocycles. The van der Waals surface area contributed by atoms with E-state index in [9.17, 15) is 4.79 Å². The summed E-state index contributed by atoms with van der Waals surface area (Å²) in [6, 6.07) is 23.5. The van der Waals surface area contributed by atoms with Crippen LogP contribution < -0.4 is 10.6 Å². The van der Waals surface area contributed by atoms with Crippen LogP contribution in [-0.4, -0.2) is 15.9 Å². The number of aromatic nitrogens is 2. The zero-order valence-electron chi connectivity index (χ0n) is 16.6. The van der Waals surface area contributed by atoms with E-state index in [-0.39, 0.29) is 6.04 Å². The number of pyridine rings is 2. The predicted octanol–water partition coefficient (Wildman–Crippen LogP) is 5.14. The molecule has 2 aromatic carbocycles. The molecule has 0 fully saturated rings. The van der Waals surface area contributed by atoms with Gasteiger partial charge in [0.25, 0.3) is 0 Å². The lowest BCUT2D eigenvalue weighted by Crippen LogP contribution is -2.23. The zero-order chi connectivity index (χ0) is 20.9. The van der Waals surface area contributed by atoms with Gasteiger partial charge in [0.1, 0.15) is 0 Å². The highest BCUT2D eigenvalue weighted by Gasteiger charge is 2.23. The fourth-order valence-electron chi connectivity index (χ4n) is 3.67. The van der Waals surface area contributed by atoms with Crippen molar-refractivity contribution in [3.05, 3.63) is 109 Å². The van der Waals surface area contributed by atoms with E-state index in [1.807, 2.05) is 67.0 Å². The van der Waals surface area contributed by atoms with Gasteiger partial charge >= 0.3 is 0 Å². The quantitative estimate of drug-likeness (QED) is 0.491. The number of hydrogen-bond acceptors (Lipinski definition) is 4. The molecule has 1 amide bonds. The highest BCUT2D eigenvalue weighted by molar-refractivity contribution is 5.94.